The predicted octanol–water partition coefficient (Wildman–Crippen LogP) is 6.66. The van der Waals surface area contributed by atoms with E-state index in [1.807, 2.05) is 62.4 Å². The summed E-state index contributed by atoms with van der Waals surface area (Å²) >= 11 is 0. The molecule has 11 nitrogen and oxygen atoms in total. The van der Waals surface area contributed by atoms with Gasteiger partial charge in [-0.05, 0) is 96.3 Å². The first-order valence-corrected chi connectivity index (χ1v) is 20.3. The van der Waals surface area contributed by atoms with Crippen LogP contribution in [-0.2, 0) is 43.4 Å². The maximum atomic E-state index is 12.5. The van der Waals surface area contributed by atoms with Crippen LogP contribution in [-0.4, -0.2) is 52.0 Å². The van der Waals surface area contributed by atoms with E-state index in [1.165, 1.54) is 30.3 Å². The van der Waals surface area contributed by atoms with Gasteiger partial charge in [0.15, 0.2) is 0 Å². The van der Waals surface area contributed by atoms with Crippen LogP contribution in [0.3, 0.4) is 0 Å². The molecule has 0 bridgehead atoms. The zero-order valence-corrected chi connectivity index (χ0v) is 30.3. The molecule has 5 aromatic rings. The molecule has 0 spiro atoms. The maximum absolute atomic E-state index is 12.5. The molecule has 51 heavy (non-hydrogen) atoms. The van der Waals surface area contributed by atoms with Crippen molar-refractivity contribution in [3.05, 3.63) is 149 Å². The molecular weight excluding hydrogens is 713 g/mol. The van der Waals surface area contributed by atoms with Gasteiger partial charge in [-0.25, -0.2) is 0 Å². The van der Waals surface area contributed by atoms with Gasteiger partial charge in [0.25, 0.3) is 30.4 Å². The highest BCUT2D eigenvalue weighted by Crippen LogP contribution is 2.37. The molecule has 5 aromatic carbocycles. The Hall–Kier alpha value is -4.57. The summed E-state index contributed by atoms with van der Waals surface area (Å²) in [5.41, 5.74) is 5.39. The van der Waals surface area contributed by atoms with E-state index in [-0.39, 0.29) is 14.7 Å². The quantitative estimate of drug-likeness (QED) is 0.0820. The summed E-state index contributed by atoms with van der Waals surface area (Å²) in [6, 6.07) is 33.7. The van der Waals surface area contributed by atoms with Crippen molar-refractivity contribution < 1.29 is 38.9 Å². The molecule has 14 heteroatoms. The van der Waals surface area contributed by atoms with Crippen LogP contribution in [0.4, 0.5) is 11.4 Å². The molecule has 0 aliphatic heterocycles. The fourth-order valence-electron chi connectivity index (χ4n) is 6.01. The predicted molar refractivity (Wildman–Crippen MR) is 196 cm³/mol. The fraction of sp³-hybridized carbons (Fsp3) is 0.189. The monoisotopic (exact) mass is 750 g/mol. The Bertz CT molecular complexity index is 2170. The number of hydrogen-bond donors (Lipinski definition) is 3. The molecule has 0 unspecified atom stereocenters. The molecule has 3 N–H and O–H groups in total. The Morgan fingerprint density at radius 1 is 0.490 bits per heavy atom. The average molecular weight is 751 g/mol. The van der Waals surface area contributed by atoms with Crippen molar-refractivity contribution in [3.8, 4) is 0 Å². The number of benzene rings is 5. The summed E-state index contributed by atoms with van der Waals surface area (Å²) in [6.45, 7) is 6.18. The van der Waals surface area contributed by atoms with Crippen molar-refractivity contribution in [1.82, 2.24) is 0 Å². The first kappa shape index (κ1) is 37.7. The van der Waals surface area contributed by atoms with E-state index in [4.69, 9.17) is 0 Å². The number of anilines is 2. The molecule has 0 saturated heterocycles. The van der Waals surface area contributed by atoms with Crippen LogP contribution in [0.25, 0.3) is 0 Å². The lowest BCUT2D eigenvalue weighted by atomic mass is 9.85. The van der Waals surface area contributed by atoms with E-state index in [0.29, 0.717) is 31.7 Å². The van der Waals surface area contributed by atoms with Crippen LogP contribution < -0.4 is 9.80 Å². The van der Waals surface area contributed by atoms with E-state index in [9.17, 15) is 38.9 Å². The molecule has 0 aromatic heterocycles. The van der Waals surface area contributed by atoms with Gasteiger partial charge < -0.3 is 9.80 Å². The van der Waals surface area contributed by atoms with Crippen molar-refractivity contribution in [3.63, 3.8) is 0 Å². The van der Waals surface area contributed by atoms with Gasteiger partial charge in [-0.1, -0.05) is 66.7 Å². The van der Waals surface area contributed by atoms with Gasteiger partial charge in [-0.2, -0.15) is 25.3 Å². The second-order valence-corrected chi connectivity index (χ2v) is 16.1. The molecule has 0 aliphatic carbocycles. The first-order valence-electron chi connectivity index (χ1n) is 16.0. The first-order chi connectivity index (χ1) is 24.1. The Kier molecular flexibility index (Phi) is 11.3. The van der Waals surface area contributed by atoms with Crippen molar-refractivity contribution in [1.29, 1.82) is 0 Å². The van der Waals surface area contributed by atoms with Crippen molar-refractivity contribution in [2.24, 2.45) is 0 Å². The van der Waals surface area contributed by atoms with Gasteiger partial charge in [-0.3, -0.25) is 13.7 Å². The van der Waals surface area contributed by atoms with Crippen LogP contribution in [0.15, 0.2) is 136 Å². The van der Waals surface area contributed by atoms with E-state index < -0.39 is 36.3 Å². The molecule has 0 heterocycles. The van der Waals surface area contributed by atoms with Crippen molar-refractivity contribution >= 4 is 41.7 Å². The van der Waals surface area contributed by atoms with E-state index >= 15 is 0 Å². The largest absolute Gasteiger partial charge is 0.367 e. The summed E-state index contributed by atoms with van der Waals surface area (Å²) in [5, 5.41) is 0. The van der Waals surface area contributed by atoms with Crippen molar-refractivity contribution in [2.45, 2.75) is 47.5 Å². The van der Waals surface area contributed by atoms with E-state index in [0.717, 1.165) is 33.6 Å². The second-order valence-electron chi connectivity index (χ2n) is 11.9. The third kappa shape index (κ3) is 9.22. The summed E-state index contributed by atoms with van der Waals surface area (Å²) < 4.78 is 99.6. The minimum Gasteiger partial charge on any atom is -0.367 e. The second kappa shape index (κ2) is 15.4. The van der Waals surface area contributed by atoms with Crippen molar-refractivity contribution in [2.75, 3.05) is 22.9 Å². The Morgan fingerprint density at radius 2 is 0.863 bits per heavy atom. The molecule has 0 saturated carbocycles. The van der Waals surface area contributed by atoms with Gasteiger partial charge in [0.05, 0.1) is 14.7 Å². The van der Waals surface area contributed by atoms with Gasteiger partial charge in [0.1, 0.15) is 0 Å². The molecule has 268 valence electrons. The van der Waals surface area contributed by atoms with Gasteiger partial charge in [0.2, 0.25) is 0 Å². The summed E-state index contributed by atoms with van der Waals surface area (Å²) in [4.78, 5) is 3.60. The molecule has 0 fully saturated rings. The lowest BCUT2D eigenvalue weighted by molar-refractivity contribution is 0.480. The van der Waals surface area contributed by atoms with Crippen LogP contribution in [0.5, 0.6) is 0 Å². The van der Waals surface area contributed by atoms with Gasteiger partial charge >= 0.3 is 0 Å². The minimum absolute atomic E-state index is 0.182. The highest BCUT2D eigenvalue weighted by atomic mass is 32.2. The number of hydrogen-bond acceptors (Lipinski definition) is 8. The van der Waals surface area contributed by atoms with Crippen LogP contribution in [0.2, 0.25) is 0 Å². The van der Waals surface area contributed by atoms with E-state index in [1.54, 1.807) is 42.5 Å². The lowest BCUT2D eigenvalue weighted by Gasteiger charge is -2.26. The summed E-state index contributed by atoms with van der Waals surface area (Å²) in [6.07, 6.45) is 0. The average Bonchev–Trinajstić information content (AvgIpc) is 3.10. The molecule has 0 radical (unpaired) electrons. The van der Waals surface area contributed by atoms with Crippen LogP contribution in [0.1, 0.15) is 47.6 Å². The molecule has 0 aliphatic rings. The Labute approximate surface area is 299 Å². The highest BCUT2D eigenvalue weighted by molar-refractivity contribution is 7.86. The molecule has 0 atom stereocenters. The number of nitrogens with zero attached hydrogens (tertiary/aromatic N) is 2. The van der Waals surface area contributed by atoms with Gasteiger partial charge in [0, 0.05) is 43.5 Å². The highest BCUT2D eigenvalue weighted by Gasteiger charge is 2.25. The zero-order chi connectivity index (χ0) is 37.0. The third-order valence-corrected chi connectivity index (χ3v) is 11.3. The Balaban J connectivity index is 1.46. The molecule has 0 amide bonds. The van der Waals surface area contributed by atoms with Gasteiger partial charge in [-0.15, -0.1) is 0 Å². The zero-order valence-electron chi connectivity index (χ0n) is 27.9. The molecular formula is C37H38N2O9S3. The van der Waals surface area contributed by atoms with E-state index in [2.05, 4.69) is 9.80 Å². The third-order valence-electron chi connectivity index (χ3n) is 8.64. The standard InChI is InChI=1S/C37H38N2O9S3/c1-3-38(25-27-9-21-33(22-10-27)49(40,41)42)31-17-13-29(14-18-31)37(35-7-5-6-8-36(35)51(46,47)48)30-15-19-32(20-16-30)39(4-2)26-28-11-23-34(24-12-28)50(43,44)45/h5-24,37H,3-4,25-26H2,1-2H3,(H,40,41,42)(H,43,44,45)(H,46,47,48). The normalized spacial score (nSPS) is 12.2. The SMILES string of the molecule is CCN(Cc1ccc(S(=O)(=O)O)cc1)c1ccc(C(c2ccc(N(CC)Cc3ccc(S(=O)(=O)O)cc3)cc2)c2ccccc2S(=O)(=O)O)cc1. The smallest absolute Gasteiger partial charge is 0.294 e. The molecule has 5 rings (SSSR count). The number of rotatable bonds is 14. The maximum Gasteiger partial charge on any atom is 0.294 e. The minimum atomic E-state index is -4.56. The van der Waals surface area contributed by atoms with Crippen LogP contribution >= 0.6 is 0 Å². The fourth-order valence-corrected chi connectivity index (χ4v) is 7.70. The summed E-state index contributed by atoms with van der Waals surface area (Å²) in [5.74, 6) is -0.572. The Morgan fingerprint density at radius 3 is 1.20 bits per heavy atom. The lowest BCUT2D eigenvalue weighted by Crippen LogP contribution is -2.22. The summed E-state index contributed by atoms with van der Waals surface area (Å²) in [7, 11) is -13.2. The van der Waals surface area contributed by atoms with Crippen LogP contribution in [0, 0.1) is 0 Å². The topological polar surface area (TPSA) is 170 Å².